The molecule has 3 nitrogen and oxygen atoms in total. The van der Waals surface area contributed by atoms with E-state index in [1.807, 2.05) is 26.0 Å². The first-order valence-corrected chi connectivity index (χ1v) is 3.93. The van der Waals surface area contributed by atoms with Gasteiger partial charge in [-0.25, -0.2) is 4.98 Å². The standard InChI is InChI=1S/C9H14N3/c1-9(2,10)7-12-8-5-3-4-6-11-8/h3,5-6H,7,10H2,1-2H3,(H,11,12). The molecule has 65 valence electrons. The molecule has 0 aliphatic carbocycles. The minimum atomic E-state index is -0.207. The summed E-state index contributed by atoms with van der Waals surface area (Å²) in [5.74, 6) is 0.840. The summed E-state index contributed by atoms with van der Waals surface area (Å²) in [5, 5.41) is 3.13. The molecule has 1 radical (unpaired) electrons. The monoisotopic (exact) mass is 164 g/mol. The van der Waals surface area contributed by atoms with Crippen LogP contribution in [0.1, 0.15) is 13.8 Å². The van der Waals surface area contributed by atoms with E-state index in [0.29, 0.717) is 6.54 Å². The molecule has 3 heteroatoms. The van der Waals surface area contributed by atoms with Gasteiger partial charge in [-0.1, -0.05) is 0 Å². The van der Waals surface area contributed by atoms with Gasteiger partial charge in [0.15, 0.2) is 0 Å². The fourth-order valence-corrected chi connectivity index (χ4v) is 0.743. The second-order valence-electron chi connectivity index (χ2n) is 3.49. The van der Waals surface area contributed by atoms with Crippen molar-refractivity contribution in [2.24, 2.45) is 5.73 Å². The molecule has 0 aliphatic rings. The highest BCUT2D eigenvalue weighted by Crippen LogP contribution is 2.02. The quantitative estimate of drug-likeness (QED) is 0.701. The Morgan fingerprint density at radius 2 is 2.42 bits per heavy atom. The highest BCUT2D eigenvalue weighted by atomic mass is 15.0. The molecule has 12 heavy (non-hydrogen) atoms. The molecule has 3 N–H and O–H groups in total. The largest absolute Gasteiger partial charge is 0.368 e. The average Bonchev–Trinajstić information content (AvgIpc) is 2.02. The number of pyridine rings is 1. The van der Waals surface area contributed by atoms with Gasteiger partial charge in [-0.3, -0.25) is 0 Å². The Bertz CT molecular complexity index is 225. The van der Waals surface area contributed by atoms with Gasteiger partial charge >= 0.3 is 0 Å². The summed E-state index contributed by atoms with van der Waals surface area (Å²) in [5.41, 5.74) is 5.58. The van der Waals surface area contributed by atoms with Gasteiger partial charge in [-0.15, -0.1) is 0 Å². The molecule has 1 aromatic rings. The van der Waals surface area contributed by atoms with Crippen molar-refractivity contribution in [3.63, 3.8) is 0 Å². The van der Waals surface area contributed by atoms with Crippen molar-refractivity contribution >= 4 is 5.82 Å². The average molecular weight is 164 g/mol. The third-order valence-corrected chi connectivity index (χ3v) is 1.34. The van der Waals surface area contributed by atoms with Crippen LogP contribution in [-0.2, 0) is 0 Å². The summed E-state index contributed by atoms with van der Waals surface area (Å²) < 4.78 is 0. The number of hydrogen-bond acceptors (Lipinski definition) is 3. The van der Waals surface area contributed by atoms with Gasteiger partial charge in [0.2, 0.25) is 0 Å². The van der Waals surface area contributed by atoms with Gasteiger partial charge in [0, 0.05) is 24.3 Å². The summed E-state index contributed by atoms with van der Waals surface area (Å²) in [6.07, 6.45) is 1.63. The molecular formula is C9H14N3. The van der Waals surface area contributed by atoms with Crippen LogP contribution in [0.2, 0.25) is 0 Å². The molecule has 0 amide bonds. The molecule has 1 aromatic heterocycles. The predicted octanol–water partition coefficient (Wildman–Crippen LogP) is 1.03. The van der Waals surface area contributed by atoms with Gasteiger partial charge in [0.1, 0.15) is 5.82 Å². The highest BCUT2D eigenvalue weighted by molar-refractivity contribution is 5.33. The maximum atomic E-state index is 5.79. The van der Waals surface area contributed by atoms with Gasteiger partial charge in [-0.05, 0) is 26.0 Å². The van der Waals surface area contributed by atoms with Gasteiger partial charge in [0.05, 0.1) is 0 Å². The van der Waals surface area contributed by atoms with Gasteiger partial charge in [-0.2, -0.15) is 0 Å². The molecule has 0 spiro atoms. The van der Waals surface area contributed by atoms with Crippen molar-refractivity contribution in [2.45, 2.75) is 19.4 Å². The topological polar surface area (TPSA) is 50.9 Å². The van der Waals surface area contributed by atoms with Crippen molar-refractivity contribution < 1.29 is 0 Å². The first kappa shape index (κ1) is 9.00. The Kier molecular flexibility index (Phi) is 2.65. The molecule has 1 heterocycles. The molecule has 0 unspecified atom stereocenters. The fourth-order valence-electron chi connectivity index (χ4n) is 0.743. The van der Waals surface area contributed by atoms with Crippen molar-refractivity contribution in [3.8, 4) is 0 Å². The first-order chi connectivity index (χ1) is 5.58. The molecule has 0 fully saturated rings. The molecule has 1 rings (SSSR count). The highest BCUT2D eigenvalue weighted by Gasteiger charge is 2.09. The van der Waals surface area contributed by atoms with E-state index in [1.165, 1.54) is 0 Å². The molecule has 0 atom stereocenters. The molecule has 0 saturated carbocycles. The number of nitrogens with zero attached hydrogens (tertiary/aromatic N) is 1. The first-order valence-electron chi connectivity index (χ1n) is 3.93. The van der Waals surface area contributed by atoms with Gasteiger partial charge < -0.3 is 11.1 Å². The Labute approximate surface area is 73.0 Å². The maximum Gasteiger partial charge on any atom is 0.125 e. The van der Waals surface area contributed by atoms with E-state index >= 15 is 0 Å². The van der Waals surface area contributed by atoms with E-state index in [-0.39, 0.29) is 5.54 Å². The SMILES string of the molecule is CC(C)(N)CNc1cc[c]cn1. The third kappa shape index (κ3) is 3.34. The summed E-state index contributed by atoms with van der Waals surface area (Å²) >= 11 is 0. The van der Waals surface area contributed by atoms with Crippen molar-refractivity contribution in [3.05, 3.63) is 24.4 Å². The summed E-state index contributed by atoms with van der Waals surface area (Å²) in [6.45, 7) is 4.65. The third-order valence-electron chi connectivity index (χ3n) is 1.34. The number of hydrogen-bond donors (Lipinski definition) is 2. The zero-order valence-corrected chi connectivity index (χ0v) is 7.46. The fraction of sp³-hybridized carbons (Fsp3) is 0.444. The van der Waals surface area contributed by atoms with E-state index in [4.69, 9.17) is 5.73 Å². The Morgan fingerprint density at radius 3 is 2.92 bits per heavy atom. The Hall–Kier alpha value is -1.09. The maximum absolute atomic E-state index is 5.79. The number of aromatic nitrogens is 1. The van der Waals surface area contributed by atoms with Crippen LogP contribution in [0.3, 0.4) is 0 Å². The zero-order chi connectivity index (χ0) is 9.03. The summed E-state index contributed by atoms with van der Waals surface area (Å²) in [6, 6.07) is 6.53. The number of anilines is 1. The van der Waals surface area contributed by atoms with E-state index in [0.717, 1.165) is 5.82 Å². The summed E-state index contributed by atoms with van der Waals surface area (Å²) in [7, 11) is 0. The van der Waals surface area contributed by atoms with Crippen molar-refractivity contribution in [2.75, 3.05) is 11.9 Å². The lowest BCUT2D eigenvalue weighted by Crippen LogP contribution is -2.39. The van der Waals surface area contributed by atoms with Crippen LogP contribution >= 0.6 is 0 Å². The van der Waals surface area contributed by atoms with Crippen molar-refractivity contribution in [1.29, 1.82) is 0 Å². The smallest absolute Gasteiger partial charge is 0.125 e. The van der Waals surface area contributed by atoms with Crippen LogP contribution in [0, 0.1) is 6.07 Å². The zero-order valence-electron chi connectivity index (χ0n) is 7.46. The van der Waals surface area contributed by atoms with Crippen LogP contribution in [-0.4, -0.2) is 17.1 Å². The van der Waals surface area contributed by atoms with Crippen molar-refractivity contribution in [1.82, 2.24) is 4.98 Å². The lowest BCUT2D eigenvalue weighted by atomic mass is 10.1. The van der Waals surface area contributed by atoms with Crippen LogP contribution < -0.4 is 11.1 Å². The molecule has 0 aliphatic heterocycles. The molecule has 0 bridgehead atoms. The second kappa shape index (κ2) is 3.54. The molecular weight excluding hydrogens is 150 g/mol. The summed E-state index contributed by atoms with van der Waals surface area (Å²) in [4.78, 5) is 4.06. The van der Waals surface area contributed by atoms with E-state index < -0.39 is 0 Å². The lowest BCUT2D eigenvalue weighted by Gasteiger charge is -2.18. The van der Waals surface area contributed by atoms with Crippen LogP contribution in [0.25, 0.3) is 0 Å². The number of nitrogens with one attached hydrogen (secondary N) is 1. The minimum Gasteiger partial charge on any atom is -0.368 e. The van der Waals surface area contributed by atoms with E-state index in [1.54, 1.807) is 6.20 Å². The molecule has 0 saturated heterocycles. The number of nitrogens with two attached hydrogens (primary N) is 1. The molecule has 0 aromatic carbocycles. The minimum absolute atomic E-state index is 0.207. The Morgan fingerprint density at radius 1 is 1.67 bits per heavy atom. The predicted molar refractivity (Wildman–Crippen MR) is 49.8 cm³/mol. The number of rotatable bonds is 3. The van der Waals surface area contributed by atoms with Crippen LogP contribution in [0.15, 0.2) is 18.3 Å². The van der Waals surface area contributed by atoms with Crippen LogP contribution in [0.4, 0.5) is 5.82 Å². The van der Waals surface area contributed by atoms with Gasteiger partial charge in [0.25, 0.3) is 0 Å². The lowest BCUT2D eigenvalue weighted by molar-refractivity contribution is 0.548. The van der Waals surface area contributed by atoms with E-state index in [2.05, 4.69) is 16.4 Å². The Balaban J connectivity index is 2.44. The van der Waals surface area contributed by atoms with E-state index in [9.17, 15) is 0 Å². The van der Waals surface area contributed by atoms with Crippen LogP contribution in [0.5, 0.6) is 0 Å². The normalized spacial score (nSPS) is 11.2. The second-order valence-corrected chi connectivity index (χ2v) is 3.49.